The van der Waals surface area contributed by atoms with Crippen LogP contribution in [0.5, 0.6) is 0 Å². The molecular weight excluding hydrogens is 246 g/mol. The normalized spacial score (nSPS) is 17.8. The first kappa shape index (κ1) is 15.3. The number of rotatable bonds is 9. The minimum atomic E-state index is -0.462. The first-order valence-electron chi connectivity index (χ1n) is 6.63. The van der Waals surface area contributed by atoms with E-state index in [1.165, 1.54) is 0 Å². The summed E-state index contributed by atoms with van der Waals surface area (Å²) in [5, 5.41) is 15.4. The number of hydrogen-bond donors (Lipinski definition) is 2. The van der Waals surface area contributed by atoms with Crippen molar-refractivity contribution in [2.24, 2.45) is 0 Å². The highest BCUT2D eigenvalue weighted by atomic mass is 32.2. The Morgan fingerprint density at radius 2 is 2.28 bits per heavy atom. The van der Waals surface area contributed by atoms with Gasteiger partial charge in [0, 0.05) is 6.04 Å². The summed E-state index contributed by atoms with van der Waals surface area (Å²) in [6.45, 7) is 4.87. The maximum absolute atomic E-state index is 11.4. The highest BCUT2D eigenvalue weighted by molar-refractivity contribution is 7.99. The Labute approximate surface area is 114 Å². The lowest BCUT2D eigenvalue weighted by Crippen LogP contribution is -2.41. The number of hydrogen-bond acceptors (Lipinski definition) is 4. The molecule has 1 rings (SSSR count). The van der Waals surface area contributed by atoms with Crippen molar-refractivity contribution in [1.82, 2.24) is 10.6 Å². The lowest BCUT2D eigenvalue weighted by molar-refractivity contribution is -0.118. The number of thioether (sulfide) groups is 1. The highest BCUT2D eigenvalue weighted by Gasteiger charge is 2.24. The topological polar surface area (TPSA) is 64.9 Å². The van der Waals surface area contributed by atoms with Gasteiger partial charge in [-0.15, -0.1) is 0 Å². The first-order valence-corrected chi connectivity index (χ1v) is 7.78. The Hall–Kier alpha value is -0.730. The summed E-state index contributed by atoms with van der Waals surface area (Å²) >= 11 is 1.60. The molecule has 18 heavy (non-hydrogen) atoms. The lowest BCUT2D eigenvalue weighted by Gasteiger charge is -2.22. The van der Waals surface area contributed by atoms with Crippen molar-refractivity contribution in [3.8, 4) is 6.07 Å². The van der Waals surface area contributed by atoms with Crippen LogP contribution in [0.25, 0.3) is 0 Å². The fraction of sp³-hybridized carbons (Fsp3) is 0.846. The molecule has 1 atom stereocenters. The van der Waals surface area contributed by atoms with Crippen LogP contribution >= 0.6 is 11.8 Å². The molecule has 4 nitrogen and oxygen atoms in total. The molecule has 1 aliphatic rings. The molecule has 1 unspecified atom stereocenters. The second-order valence-electron chi connectivity index (χ2n) is 5.02. The number of nitriles is 1. The average molecular weight is 269 g/mol. The number of nitrogens with one attached hydrogen (secondary N) is 2. The second kappa shape index (κ2) is 7.65. The number of carbonyl (C=O) groups is 1. The van der Waals surface area contributed by atoms with Gasteiger partial charge in [-0.3, -0.25) is 10.1 Å². The molecule has 0 heterocycles. The first-order chi connectivity index (χ1) is 8.59. The van der Waals surface area contributed by atoms with Gasteiger partial charge in [-0.1, -0.05) is 6.92 Å². The van der Waals surface area contributed by atoms with Gasteiger partial charge in [-0.25, -0.2) is 0 Å². The monoisotopic (exact) mass is 269 g/mol. The summed E-state index contributed by atoms with van der Waals surface area (Å²) in [5.74, 6) is 1.47. The van der Waals surface area contributed by atoms with Gasteiger partial charge in [0.1, 0.15) is 5.54 Å². The van der Waals surface area contributed by atoms with E-state index < -0.39 is 5.54 Å². The van der Waals surface area contributed by atoms with Crippen molar-refractivity contribution in [3.05, 3.63) is 0 Å². The minimum absolute atomic E-state index is 0.127. The summed E-state index contributed by atoms with van der Waals surface area (Å²) in [6, 6.07) is 2.76. The Bertz CT molecular complexity index is 312. The molecular formula is C13H23N3OS. The van der Waals surface area contributed by atoms with Crippen LogP contribution in [0.3, 0.4) is 0 Å². The zero-order valence-corrected chi connectivity index (χ0v) is 12.1. The summed E-state index contributed by atoms with van der Waals surface area (Å²) in [4.78, 5) is 11.4. The molecule has 5 heteroatoms. The second-order valence-corrected chi connectivity index (χ2v) is 6.12. The largest absolute Gasteiger partial charge is 0.353 e. The van der Waals surface area contributed by atoms with Crippen molar-refractivity contribution in [3.63, 3.8) is 0 Å². The average Bonchev–Trinajstić information content (AvgIpc) is 3.16. The van der Waals surface area contributed by atoms with E-state index in [-0.39, 0.29) is 5.91 Å². The fourth-order valence-electron chi connectivity index (χ4n) is 1.52. The smallest absolute Gasteiger partial charge is 0.230 e. The van der Waals surface area contributed by atoms with Crippen molar-refractivity contribution in [2.75, 3.05) is 18.1 Å². The van der Waals surface area contributed by atoms with Crippen LogP contribution in [-0.2, 0) is 4.79 Å². The molecule has 0 aromatic carbocycles. The number of nitrogens with zero attached hydrogens (tertiary/aromatic N) is 1. The van der Waals surface area contributed by atoms with Crippen LogP contribution in [-0.4, -0.2) is 35.5 Å². The molecule has 102 valence electrons. The minimum Gasteiger partial charge on any atom is -0.353 e. The van der Waals surface area contributed by atoms with E-state index in [1.807, 2.05) is 6.92 Å². The van der Waals surface area contributed by atoms with Gasteiger partial charge < -0.3 is 5.32 Å². The van der Waals surface area contributed by atoms with E-state index in [0.717, 1.165) is 38.0 Å². The van der Waals surface area contributed by atoms with E-state index in [0.29, 0.717) is 11.8 Å². The Morgan fingerprint density at radius 1 is 1.56 bits per heavy atom. The predicted molar refractivity (Wildman–Crippen MR) is 75.4 cm³/mol. The number of amides is 1. The van der Waals surface area contributed by atoms with E-state index >= 15 is 0 Å². The van der Waals surface area contributed by atoms with Crippen molar-refractivity contribution < 1.29 is 4.79 Å². The Kier molecular flexibility index (Phi) is 6.51. The van der Waals surface area contributed by atoms with Gasteiger partial charge in [-0.05, 0) is 44.9 Å². The summed E-state index contributed by atoms with van der Waals surface area (Å²) in [6.07, 6.45) is 4.05. The molecule has 1 aliphatic carbocycles. The van der Waals surface area contributed by atoms with Gasteiger partial charge >= 0.3 is 0 Å². The molecule has 0 radical (unpaired) electrons. The van der Waals surface area contributed by atoms with Gasteiger partial charge in [0.2, 0.25) is 5.91 Å². The van der Waals surface area contributed by atoms with Crippen LogP contribution in [0.4, 0.5) is 0 Å². The Balaban J connectivity index is 2.10. The van der Waals surface area contributed by atoms with E-state index in [4.69, 9.17) is 5.26 Å². The van der Waals surface area contributed by atoms with Gasteiger partial charge in [0.05, 0.1) is 11.8 Å². The summed E-state index contributed by atoms with van der Waals surface area (Å²) in [7, 11) is 0. The van der Waals surface area contributed by atoms with Crippen molar-refractivity contribution >= 4 is 17.7 Å². The molecule has 0 aromatic heterocycles. The van der Waals surface area contributed by atoms with Gasteiger partial charge in [0.15, 0.2) is 0 Å². The van der Waals surface area contributed by atoms with E-state index in [9.17, 15) is 4.79 Å². The molecule has 0 bridgehead atoms. The molecule has 1 amide bonds. The van der Waals surface area contributed by atoms with Crippen molar-refractivity contribution in [2.45, 2.75) is 51.1 Å². The van der Waals surface area contributed by atoms with Crippen LogP contribution < -0.4 is 10.6 Å². The summed E-state index contributed by atoms with van der Waals surface area (Å²) < 4.78 is 0. The molecule has 0 aromatic rings. The van der Waals surface area contributed by atoms with Crippen LogP contribution in [0.2, 0.25) is 0 Å². The molecule has 0 spiro atoms. The SMILES string of the molecule is CCCNC(C)(C#N)CCSCC(=O)NC1CC1. The third-order valence-corrected chi connectivity index (χ3v) is 3.89. The highest BCUT2D eigenvalue weighted by Crippen LogP contribution is 2.19. The summed E-state index contributed by atoms with van der Waals surface area (Å²) in [5.41, 5.74) is -0.462. The van der Waals surface area contributed by atoms with Gasteiger partial charge in [-0.2, -0.15) is 17.0 Å². The molecule has 1 saturated carbocycles. The third-order valence-electron chi connectivity index (χ3n) is 2.93. The van der Waals surface area contributed by atoms with Crippen LogP contribution in [0, 0.1) is 11.3 Å². The number of carbonyl (C=O) groups excluding carboxylic acids is 1. The quantitative estimate of drug-likeness (QED) is 0.625. The van der Waals surface area contributed by atoms with Crippen LogP contribution in [0.15, 0.2) is 0 Å². The van der Waals surface area contributed by atoms with Gasteiger partial charge in [0.25, 0.3) is 0 Å². The maximum Gasteiger partial charge on any atom is 0.230 e. The van der Waals surface area contributed by atoms with Crippen molar-refractivity contribution in [1.29, 1.82) is 5.26 Å². The third kappa shape index (κ3) is 6.27. The molecule has 0 aliphatic heterocycles. The molecule has 2 N–H and O–H groups in total. The zero-order valence-electron chi connectivity index (χ0n) is 11.3. The Morgan fingerprint density at radius 3 is 2.83 bits per heavy atom. The predicted octanol–water partition coefficient (Wildman–Crippen LogP) is 1.67. The standard InChI is InChI=1S/C13H23N3OS/c1-3-7-15-13(2,10-14)6-8-18-9-12(17)16-11-4-5-11/h11,15H,3-9H2,1-2H3,(H,16,17). The maximum atomic E-state index is 11.4. The van der Waals surface area contributed by atoms with E-state index in [2.05, 4.69) is 23.6 Å². The zero-order chi connectivity index (χ0) is 13.4. The molecule has 0 saturated heterocycles. The van der Waals surface area contributed by atoms with E-state index in [1.54, 1.807) is 11.8 Å². The molecule has 1 fully saturated rings. The lowest BCUT2D eigenvalue weighted by atomic mass is 10.0. The van der Waals surface area contributed by atoms with Crippen LogP contribution in [0.1, 0.15) is 39.5 Å². The fourth-order valence-corrected chi connectivity index (χ4v) is 2.49.